The van der Waals surface area contributed by atoms with Gasteiger partial charge in [0.05, 0.1) is 6.10 Å². The second-order valence-corrected chi connectivity index (χ2v) is 12.2. The van der Waals surface area contributed by atoms with Crippen molar-refractivity contribution in [2.45, 2.75) is 97.4 Å². The molecular formula is C28H38O7. The fraction of sp³-hybridized carbons (Fsp3) is 0.786. The van der Waals surface area contributed by atoms with Crippen molar-refractivity contribution in [3.8, 4) is 0 Å². The van der Waals surface area contributed by atoms with Gasteiger partial charge in [-0.25, -0.2) is 0 Å². The maximum Gasteiger partial charge on any atom is 0.306 e. The average Bonchev–Trinajstić information content (AvgIpc) is 3.48. The van der Waals surface area contributed by atoms with Gasteiger partial charge in [0, 0.05) is 36.5 Å². The van der Waals surface area contributed by atoms with E-state index in [1.807, 2.05) is 13.0 Å². The number of ketones is 2. The van der Waals surface area contributed by atoms with Crippen LogP contribution in [-0.4, -0.2) is 47.4 Å². The van der Waals surface area contributed by atoms with Crippen molar-refractivity contribution in [2.24, 2.45) is 34.5 Å². The summed E-state index contributed by atoms with van der Waals surface area (Å²) in [6, 6.07) is 0. The molecule has 35 heavy (non-hydrogen) atoms. The summed E-state index contributed by atoms with van der Waals surface area (Å²) in [5, 5.41) is 0. The molecule has 0 amide bonds. The minimum absolute atomic E-state index is 0.0608. The maximum absolute atomic E-state index is 13.8. The van der Waals surface area contributed by atoms with Crippen LogP contribution >= 0.6 is 0 Å². The van der Waals surface area contributed by atoms with Gasteiger partial charge >= 0.3 is 11.9 Å². The number of ether oxygens (including phenoxy) is 3. The number of carbonyl (C=O) groups excluding carboxylic acids is 4. The van der Waals surface area contributed by atoms with Crippen molar-refractivity contribution < 1.29 is 33.4 Å². The first-order valence-electron chi connectivity index (χ1n) is 13.2. The van der Waals surface area contributed by atoms with E-state index in [-0.39, 0.29) is 58.8 Å². The van der Waals surface area contributed by atoms with E-state index in [0.29, 0.717) is 12.8 Å². The second kappa shape index (κ2) is 7.74. The Kier molecular flexibility index (Phi) is 5.45. The smallest absolute Gasteiger partial charge is 0.306 e. The summed E-state index contributed by atoms with van der Waals surface area (Å²) >= 11 is 0. The highest BCUT2D eigenvalue weighted by molar-refractivity contribution is 5.94. The van der Waals surface area contributed by atoms with Crippen LogP contribution in [0.1, 0.15) is 80.1 Å². The molecule has 5 rings (SSSR count). The van der Waals surface area contributed by atoms with Crippen LogP contribution in [0.25, 0.3) is 0 Å². The monoisotopic (exact) mass is 486 g/mol. The third kappa shape index (κ3) is 2.99. The van der Waals surface area contributed by atoms with Crippen molar-refractivity contribution in [1.82, 2.24) is 0 Å². The van der Waals surface area contributed by atoms with Crippen LogP contribution in [0.2, 0.25) is 0 Å². The van der Waals surface area contributed by atoms with Crippen LogP contribution in [0.3, 0.4) is 0 Å². The predicted octanol–water partition coefficient (Wildman–Crippen LogP) is 3.97. The van der Waals surface area contributed by atoms with Crippen molar-refractivity contribution in [3.05, 3.63) is 11.6 Å². The van der Waals surface area contributed by atoms with Crippen LogP contribution in [0.15, 0.2) is 11.6 Å². The van der Waals surface area contributed by atoms with Gasteiger partial charge in [0.25, 0.3) is 0 Å². The van der Waals surface area contributed by atoms with Gasteiger partial charge in [0.15, 0.2) is 18.0 Å². The van der Waals surface area contributed by atoms with E-state index in [1.54, 1.807) is 6.92 Å². The molecule has 3 saturated carbocycles. The highest BCUT2D eigenvalue weighted by Crippen LogP contribution is 2.78. The molecule has 0 bridgehead atoms. The third-order valence-electron chi connectivity index (χ3n) is 10.6. The summed E-state index contributed by atoms with van der Waals surface area (Å²) in [6.07, 6.45) is 5.53. The predicted molar refractivity (Wildman–Crippen MR) is 126 cm³/mol. The second-order valence-electron chi connectivity index (χ2n) is 12.2. The van der Waals surface area contributed by atoms with E-state index in [1.165, 1.54) is 12.5 Å². The van der Waals surface area contributed by atoms with Crippen molar-refractivity contribution in [3.63, 3.8) is 0 Å². The topological polar surface area (TPSA) is 99.3 Å². The Morgan fingerprint density at radius 1 is 1.14 bits per heavy atom. The van der Waals surface area contributed by atoms with Crippen LogP contribution in [0.5, 0.6) is 0 Å². The number of hydrogen-bond acceptors (Lipinski definition) is 7. The van der Waals surface area contributed by atoms with E-state index in [2.05, 4.69) is 20.8 Å². The van der Waals surface area contributed by atoms with Gasteiger partial charge in [-0.3, -0.25) is 19.2 Å². The SMILES string of the molecule is CCC(=O)O[C@]1(C(=O)COC(C)=O)[C@@H](C)C[C@H]2[C@@H]3C[C@H](C)C4=CC(=O)CC[C@]4(C)C34O[C@H]4C[C@@]21C. The molecule has 0 aromatic heterocycles. The minimum Gasteiger partial charge on any atom is -0.458 e. The van der Waals surface area contributed by atoms with E-state index in [9.17, 15) is 19.2 Å². The number of rotatable bonds is 5. The van der Waals surface area contributed by atoms with Gasteiger partial charge in [0.2, 0.25) is 5.78 Å². The first-order chi connectivity index (χ1) is 16.4. The van der Waals surface area contributed by atoms with Gasteiger partial charge < -0.3 is 14.2 Å². The maximum atomic E-state index is 13.8. The molecule has 0 N–H and O–H groups in total. The zero-order chi connectivity index (χ0) is 25.6. The molecule has 1 saturated heterocycles. The third-order valence-corrected chi connectivity index (χ3v) is 10.6. The molecule has 4 fully saturated rings. The number of fused-ring (bicyclic) bond motifs is 3. The van der Waals surface area contributed by atoms with E-state index in [0.717, 1.165) is 19.3 Å². The normalized spacial score (nSPS) is 47.4. The molecule has 5 aliphatic rings. The Morgan fingerprint density at radius 3 is 2.51 bits per heavy atom. The summed E-state index contributed by atoms with van der Waals surface area (Å²) in [7, 11) is 0. The van der Waals surface area contributed by atoms with Gasteiger partial charge in [-0.05, 0) is 49.5 Å². The number of epoxide rings is 1. The first-order valence-corrected chi connectivity index (χ1v) is 13.2. The van der Waals surface area contributed by atoms with Crippen molar-refractivity contribution in [2.75, 3.05) is 6.61 Å². The Labute approximate surface area is 207 Å². The van der Waals surface area contributed by atoms with Gasteiger partial charge in [-0.2, -0.15) is 0 Å². The standard InChI is InChI=1S/C28H38O7/c1-7-24(32)35-27(22(31)14-33-17(4)29)16(3)11-20-21-10-15(2)19-12-18(30)8-9-25(19,5)28(21)23(34-28)13-26(20,27)6/h12,15-16,20-21,23H,7-11,13-14H2,1-6H3/t15-,16-,20-,21-,23-,25-,26-,27-,28?/m0/s1. The number of carbonyl (C=O) groups is 4. The highest BCUT2D eigenvalue weighted by Gasteiger charge is 2.83. The molecule has 1 spiro atoms. The van der Waals surface area contributed by atoms with E-state index < -0.39 is 29.6 Å². The van der Waals surface area contributed by atoms with Gasteiger partial charge in [0.1, 0.15) is 5.60 Å². The van der Waals surface area contributed by atoms with E-state index in [4.69, 9.17) is 14.2 Å². The largest absolute Gasteiger partial charge is 0.458 e. The summed E-state index contributed by atoms with van der Waals surface area (Å²) in [4.78, 5) is 50.4. The van der Waals surface area contributed by atoms with Crippen LogP contribution in [0.4, 0.5) is 0 Å². The molecular weight excluding hydrogens is 448 g/mol. The zero-order valence-electron chi connectivity index (χ0n) is 21.8. The summed E-state index contributed by atoms with van der Waals surface area (Å²) in [5.41, 5.74) is -1.31. The molecule has 192 valence electrons. The molecule has 9 atom stereocenters. The van der Waals surface area contributed by atoms with Crippen molar-refractivity contribution in [1.29, 1.82) is 0 Å². The quantitative estimate of drug-likeness (QED) is 0.428. The molecule has 7 nitrogen and oxygen atoms in total. The number of Topliss-reactive ketones (excluding diaryl/α,β-unsaturated/α-hetero) is 1. The number of esters is 2. The lowest BCUT2D eigenvalue weighted by molar-refractivity contribution is -0.195. The van der Waals surface area contributed by atoms with Crippen LogP contribution < -0.4 is 0 Å². The van der Waals surface area contributed by atoms with E-state index >= 15 is 0 Å². The molecule has 7 heteroatoms. The van der Waals surface area contributed by atoms with Crippen LogP contribution in [-0.2, 0) is 33.4 Å². The fourth-order valence-corrected chi connectivity index (χ4v) is 9.13. The highest BCUT2D eigenvalue weighted by atomic mass is 16.6. The molecule has 0 aromatic rings. The Morgan fingerprint density at radius 2 is 1.86 bits per heavy atom. The summed E-state index contributed by atoms with van der Waals surface area (Å²) < 4.78 is 18.0. The van der Waals surface area contributed by atoms with Crippen molar-refractivity contribution >= 4 is 23.5 Å². The lowest BCUT2D eigenvalue weighted by Gasteiger charge is -2.58. The van der Waals surface area contributed by atoms with Gasteiger partial charge in [-0.15, -0.1) is 0 Å². The van der Waals surface area contributed by atoms with Crippen LogP contribution in [0, 0.1) is 34.5 Å². The Hall–Kier alpha value is -2.02. The summed E-state index contributed by atoms with van der Waals surface area (Å²) in [6.45, 7) is 11.2. The number of hydrogen-bond donors (Lipinski definition) is 0. The Bertz CT molecular complexity index is 1030. The average molecular weight is 487 g/mol. The van der Waals surface area contributed by atoms with Gasteiger partial charge in [-0.1, -0.05) is 40.2 Å². The Balaban J connectivity index is 1.59. The fourth-order valence-electron chi connectivity index (χ4n) is 9.13. The zero-order valence-corrected chi connectivity index (χ0v) is 21.8. The molecule has 0 radical (unpaired) electrons. The molecule has 1 aliphatic heterocycles. The first kappa shape index (κ1) is 24.7. The molecule has 1 unspecified atom stereocenters. The molecule has 4 aliphatic carbocycles. The summed E-state index contributed by atoms with van der Waals surface area (Å²) in [5.74, 6) is -0.735. The lowest BCUT2D eigenvalue weighted by atomic mass is 9.44. The lowest BCUT2D eigenvalue weighted by Crippen LogP contribution is -2.64. The molecule has 0 aromatic carbocycles. The minimum atomic E-state index is -1.36. The molecule has 1 heterocycles.